The van der Waals surface area contributed by atoms with Crippen LogP contribution in [0.4, 0.5) is 10.2 Å². The summed E-state index contributed by atoms with van der Waals surface area (Å²) in [4.78, 5) is 12.8. The van der Waals surface area contributed by atoms with Crippen molar-refractivity contribution in [1.29, 1.82) is 0 Å². The highest BCUT2D eigenvalue weighted by Gasteiger charge is 2.27. The number of halogens is 2. The van der Waals surface area contributed by atoms with E-state index in [1.54, 1.807) is 13.8 Å². The molecule has 0 radical (unpaired) electrons. The molecule has 3 heterocycles. The molecule has 1 atom stereocenters. The van der Waals surface area contributed by atoms with Crippen molar-refractivity contribution in [3.8, 4) is 0 Å². The third-order valence-electron chi connectivity index (χ3n) is 4.16. The van der Waals surface area contributed by atoms with Crippen molar-refractivity contribution in [2.75, 3.05) is 11.1 Å². The zero-order valence-electron chi connectivity index (χ0n) is 14.5. The Morgan fingerprint density at radius 2 is 2.04 bits per heavy atom. The monoisotopic (exact) mass is 455 g/mol. The molecule has 8 nitrogen and oxygen atoms in total. The van der Waals surface area contributed by atoms with Gasteiger partial charge in [-0.05, 0) is 21.5 Å². The standard InChI is InChI=1S/C16H15BrFN5O3S/c1-3-27(24)16-21-14-11(8-5-25-6-9(8)12(17)13(14)18)15(22-16)19-4-10-20-7(2)26-23-10/h3-6H2,1-2H3,(H,19,21,22). The van der Waals surface area contributed by atoms with Gasteiger partial charge in [-0.3, -0.25) is 4.21 Å². The van der Waals surface area contributed by atoms with Gasteiger partial charge in [-0.25, -0.2) is 14.4 Å². The smallest absolute Gasteiger partial charge is 0.223 e. The molecule has 2 aromatic heterocycles. The summed E-state index contributed by atoms with van der Waals surface area (Å²) in [5.41, 5.74) is 1.63. The molecule has 1 N–H and O–H groups in total. The van der Waals surface area contributed by atoms with Gasteiger partial charge in [0.15, 0.2) is 11.6 Å². The summed E-state index contributed by atoms with van der Waals surface area (Å²) < 4.78 is 38.0. The summed E-state index contributed by atoms with van der Waals surface area (Å²) >= 11 is 3.29. The average Bonchev–Trinajstić information content (AvgIpc) is 3.32. The number of fused-ring (bicyclic) bond motifs is 3. The summed E-state index contributed by atoms with van der Waals surface area (Å²) in [6.07, 6.45) is 0. The van der Waals surface area contributed by atoms with Crippen LogP contribution < -0.4 is 5.32 Å². The molecule has 4 rings (SSSR count). The SMILES string of the molecule is CCS(=O)c1nc(NCc2noc(C)n2)c2c3c(c(Br)c(F)c2n1)COC3. The lowest BCUT2D eigenvalue weighted by Gasteiger charge is -2.14. The fraction of sp³-hybridized carbons (Fsp3) is 0.375. The maximum absolute atomic E-state index is 15.0. The van der Waals surface area contributed by atoms with Crippen LogP contribution in [0, 0.1) is 12.7 Å². The molecule has 0 fully saturated rings. The summed E-state index contributed by atoms with van der Waals surface area (Å²) in [7, 11) is -1.44. The van der Waals surface area contributed by atoms with E-state index in [-0.39, 0.29) is 17.2 Å². The maximum Gasteiger partial charge on any atom is 0.223 e. The number of hydrogen-bond donors (Lipinski definition) is 1. The Morgan fingerprint density at radius 1 is 1.26 bits per heavy atom. The van der Waals surface area contributed by atoms with Gasteiger partial charge in [-0.15, -0.1) is 0 Å². The molecule has 0 amide bonds. The number of aromatic nitrogens is 4. The van der Waals surface area contributed by atoms with Crippen LogP contribution in [0.3, 0.4) is 0 Å². The maximum atomic E-state index is 15.0. The molecule has 0 aliphatic carbocycles. The van der Waals surface area contributed by atoms with Gasteiger partial charge < -0.3 is 14.6 Å². The fourth-order valence-electron chi connectivity index (χ4n) is 2.90. The van der Waals surface area contributed by atoms with E-state index in [1.807, 2.05) is 0 Å². The molecule has 27 heavy (non-hydrogen) atoms. The number of rotatable bonds is 5. The molecule has 11 heteroatoms. The van der Waals surface area contributed by atoms with Crippen molar-refractivity contribution >= 4 is 43.5 Å². The minimum atomic E-state index is -1.44. The first kappa shape index (κ1) is 18.4. The molecule has 0 bridgehead atoms. The lowest BCUT2D eigenvalue weighted by Crippen LogP contribution is -2.10. The van der Waals surface area contributed by atoms with Gasteiger partial charge in [0.05, 0.1) is 40.4 Å². The number of aryl methyl sites for hydroxylation is 1. The molecular formula is C16H15BrFN5O3S. The van der Waals surface area contributed by atoms with Gasteiger partial charge >= 0.3 is 0 Å². The van der Waals surface area contributed by atoms with Crippen LogP contribution >= 0.6 is 15.9 Å². The first-order chi connectivity index (χ1) is 13.0. The zero-order valence-corrected chi connectivity index (χ0v) is 16.9. The molecule has 0 saturated carbocycles. The highest BCUT2D eigenvalue weighted by Crippen LogP contribution is 2.39. The minimum absolute atomic E-state index is 0.0708. The largest absolute Gasteiger partial charge is 0.372 e. The van der Waals surface area contributed by atoms with E-state index >= 15 is 0 Å². The predicted molar refractivity (Wildman–Crippen MR) is 99.0 cm³/mol. The third-order valence-corrected chi connectivity index (χ3v) is 6.10. The topological polar surface area (TPSA) is 103 Å². The van der Waals surface area contributed by atoms with Crippen molar-refractivity contribution < 1.29 is 17.9 Å². The first-order valence-electron chi connectivity index (χ1n) is 8.19. The second-order valence-corrected chi connectivity index (χ2v) is 8.30. The van der Waals surface area contributed by atoms with Crippen molar-refractivity contribution in [3.63, 3.8) is 0 Å². The predicted octanol–water partition coefficient (Wildman–Crippen LogP) is 2.99. The summed E-state index contributed by atoms with van der Waals surface area (Å²) in [5.74, 6) is 1.04. The molecular weight excluding hydrogens is 441 g/mol. The molecule has 0 spiro atoms. The van der Waals surface area contributed by atoms with Crippen LogP contribution in [-0.2, 0) is 35.3 Å². The highest BCUT2D eigenvalue weighted by molar-refractivity contribution is 9.10. The van der Waals surface area contributed by atoms with Crippen LogP contribution in [0.1, 0.15) is 29.8 Å². The number of hydrogen-bond acceptors (Lipinski definition) is 8. The van der Waals surface area contributed by atoms with Crippen molar-refractivity contribution in [2.45, 2.75) is 38.8 Å². The molecule has 0 saturated heterocycles. The number of nitrogens with zero attached hydrogens (tertiary/aromatic N) is 4. The van der Waals surface area contributed by atoms with E-state index < -0.39 is 16.6 Å². The Labute approximate surface area is 164 Å². The van der Waals surface area contributed by atoms with Gasteiger partial charge in [0.25, 0.3) is 0 Å². The van der Waals surface area contributed by atoms with Crippen LogP contribution in [-0.4, -0.2) is 30.1 Å². The van der Waals surface area contributed by atoms with Crippen molar-refractivity contribution in [2.24, 2.45) is 0 Å². The van der Waals surface area contributed by atoms with E-state index in [4.69, 9.17) is 9.26 Å². The second kappa shape index (κ2) is 7.21. The highest BCUT2D eigenvalue weighted by atomic mass is 79.9. The van der Waals surface area contributed by atoms with Gasteiger partial charge in [0.1, 0.15) is 11.3 Å². The van der Waals surface area contributed by atoms with Crippen LogP contribution in [0.15, 0.2) is 14.2 Å². The Hall–Kier alpha value is -1.98. The Bertz CT molecular complexity index is 1070. The van der Waals surface area contributed by atoms with E-state index in [1.165, 1.54) is 0 Å². The summed E-state index contributed by atoms with van der Waals surface area (Å²) in [5, 5.41) is 7.52. The quantitative estimate of drug-likeness (QED) is 0.585. The zero-order chi connectivity index (χ0) is 19.1. The Morgan fingerprint density at radius 3 is 2.74 bits per heavy atom. The Kier molecular flexibility index (Phi) is 4.91. The van der Waals surface area contributed by atoms with Crippen LogP contribution in [0.5, 0.6) is 0 Å². The second-order valence-electron chi connectivity index (χ2n) is 5.87. The third kappa shape index (κ3) is 3.23. The molecule has 3 aromatic rings. The normalized spacial score (nSPS) is 14.5. The van der Waals surface area contributed by atoms with Crippen LogP contribution in [0.2, 0.25) is 0 Å². The minimum Gasteiger partial charge on any atom is -0.372 e. The van der Waals surface area contributed by atoms with Gasteiger partial charge in [-0.1, -0.05) is 12.1 Å². The summed E-state index contributed by atoms with van der Waals surface area (Å²) in [6, 6.07) is 0. The molecule has 1 aliphatic heterocycles. The molecule has 1 aliphatic rings. The fourth-order valence-corrected chi connectivity index (χ4v) is 4.09. The lowest BCUT2D eigenvalue weighted by atomic mass is 10.0. The van der Waals surface area contributed by atoms with E-state index in [2.05, 4.69) is 41.4 Å². The van der Waals surface area contributed by atoms with Crippen molar-refractivity contribution in [3.05, 3.63) is 33.1 Å². The van der Waals surface area contributed by atoms with Crippen molar-refractivity contribution in [1.82, 2.24) is 20.1 Å². The number of anilines is 1. The number of benzene rings is 1. The number of nitrogens with one attached hydrogen (secondary N) is 1. The van der Waals surface area contributed by atoms with E-state index in [0.29, 0.717) is 46.4 Å². The lowest BCUT2D eigenvalue weighted by molar-refractivity contribution is 0.134. The Balaban J connectivity index is 1.90. The summed E-state index contributed by atoms with van der Waals surface area (Å²) in [6.45, 7) is 4.28. The first-order valence-corrected chi connectivity index (χ1v) is 10.3. The van der Waals surface area contributed by atoms with Gasteiger partial charge in [0.2, 0.25) is 11.0 Å². The molecule has 1 aromatic carbocycles. The molecule has 1 unspecified atom stereocenters. The van der Waals surface area contributed by atoms with Gasteiger partial charge in [0, 0.05) is 18.2 Å². The molecule has 142 valence electrons. The average molecular weight is 456 g/mol. The van der Waals surface area contributed by atoms with E-state index in [0.717, 1.165) is 11.1 Å². The number of ether oxygens (including phenoxy) is 1. The van der Waals surface area contributed by atoms with Crippen LogP contribution in [0.25, 0.3) is 10.9 Å². The van der Waals surface area contributed by atoms with E-state index in [9.17, 15) is 8.60 Å². The van der Waals surface area contributed by atoms with Gasteiger partial charge in [-0.2, -0.15) is 4.98 Å².